The second-order valence-electron chi connectivity index (χ2n) is 3.19. The average molecular weight is 449 g/mol. The number of benzene rings is 1. The van der Waals surface area contributed by atoms with Crippen molar-refractivity contribution in [3.8, 4) is 11.8 Å². The summed E-state index contributed by atoms with van der Waals surface area (Å²) in [6, 6.07) is 3.87. The van der Waals surface area contributed by atoms with E-state index >= 15 is 0 Å². The summed E-state index contributed by atoms with van der Waals surface area (Å²) < 4.78 is 40.6. The van der Waals surface area contributed by atoms with E-state index in [1.807, 2.05) is 0 Å². The number of carbonyl (C=O) groups excluding carboxylic acids is 1. The van der Waals surface area contributed by atoms with Crippen LogP contribution >= 0.6 is 38.5 Å². The number of halogens is 5. The van der Waals surface area contributed by atoms with Gasteiger partial charge in [-0.1, -0.05) is 0 Å². The van der Waals surface area contributed by atoms with Crippen molar-refractivity contribution in [2.75, 3.05) is 5.32 Å². The molecule has 0 aliphatic carbocycles. The number of carbonyl (C=O) groups is 1. The van der Waals surface area contributed by atoms with Gasteiger partial charge in [0.1, 0.15) is 12.2 Å². The van der Waals surface area contributed by atoms with Crippen molar-refractivity contribution in [1.29, 1.82) is 5.26 Å². The van der Waals surface area contributed by atoms with E-state index in [1.165, 1.54) is 0 Å². The first-order valence-electron chi connectivity index (χ1n) is 4.64. The number of anilines is 1. The molecule has 1 aromatic carbocycles. The Morgan fingerprint density at radius 1 is 1.53 bits per heavy atom. The van der Waals surface area contributed by atoms with Gasteiger partial charge < -0.3 is 10.1 Å². The van der Waals surface area contributed by atoms with Gasteiger partial charge in [-0.05, 0) is 50.7 Å². The van der Waals surface area contributed by atoms with Crippen LogP contribution < -0.4 is 10.1 Å². The topological polar surface area (TPSA) is 62.1 Å². The Labute approximate surface area is 128 Å². The van der Waals surface area contributed by atoms with Crippen molar-refractivity contribution in [3.63, 3.8) is 0 Å². The smallest absolute Gasteiger partial charge is 0.406 e. The fourth-order valence-corrected chi connectivity index (χ4v) is 2.76. The Kier molecular flexibility index (Phi) is 5.42. The Bertz CT molecular complexity index is 520. The van der Waals surface area contributed by atoms with Gasteiger partial charge in [0.15, 0.2) is 0 Å². The maximum absolute atomic E-state index is 12.1. The minimum Gasteiger partial charge on any atom is -0.406 e. The number of ether oxygens (including phenoxy) is 1. The number of nitriles is 1. The Morgan fingerprint density at radius 2 is 2.16 bits per heavy atom. The summed E-state index contributed by atoms with van der Waals surface area (Å²) in [7, 11) is 0. The molecule has 1 amide bonds. The van der Waals surface area contributed by atoms with Gasteiger partial charge in [0.2, 0.25) is 5.91 Å². The molecule has 4 nitrogen and oxygen atoms in total. The minimum absolute atomic E-state index is 0.227. The molecular weight excluding hydrogens is 444 g/mol. The van der Waals surface area contributed by atoms with Crippen LogP contribution in [0.5, 0.6) is 5.75 Å². The van der Waals surface area contributed by atoms with Gasteiger partial charge in [0.05, 0.1) is 11.8 Å². The second-order valence-corrected chi connectivity index (χ2v) is 5.21. The normalized spacial score (nSPS) is 10.7. The lowest BCUT2D eigenvalue weighted by molar-refractivity contribution is -0.274. The third-order valence-electron chi connectivity index (χ3n) is 1.75. The summed E-state index contributed by atoms with van der Waals surface area (Å²) in [4.78, 5) is 11.3. The van der Waals surface area contributed by atoms with E-state index in [0.717, 1.165) is 12.1 Å². The highest BCUT2D eigenvalue weighted by atomic mass is 127. The van der Waals surface area contributed by atoms with Crippen LogP contribution in [0, 0.1) is 14.9 Å². The molecule has 0 atom stereocenters. The standard InChI is InChI=1S/C10H5BrF3IN2O2/c11-6-3-5(19-10(12,13)14)4-7(15)9(6)17-8(18)1-2-16/h3-4H,1H2,(H,17,18). The molecule has 9 heteroatoms. The Balaban J connectivity index is 2.98. The molecule has 102 valence electrons. The van der Waals surface area contributed by atoms with Crippen LogP contribution in [0.25, 0.3) is 0 Å². The van der Waals surface area contributed by atoms with Gasteiger partial charge in [-0.2, -0.15) is 5.26 Å². The molecule has 19 heavy (non-hydrogen) atoms. The summed E-state index contributed by atoms with van der Waals surface area (Å²) >= 11 is 4.79. The van der Waals surface area contributed by atoms with Gasteiger partial charge in [0.25, 0.3) is 0 Å². The largest absolute Gasteiger partial charge is 0.573 e. The molecule has 0 aliphatic heterocycles. The van der Waals surface area contributed by atoms with Gasteiger partial charge >= 0.3 is 6.36 Å². The van der Waals surface area contributed by atoms with Crippen molar-refractivity contribution < 1.29 is 22.7 Å². The summed E-state index contributed by atoms with van der Waals surface area (Å²) in [6.45, 7) is 0. The maximum atomic E-state index is 12.1. The zero-order valence-corrected chi connectivity index (χ0v) is 12.8. The van der Waals surface area contributed by atoms with Crippen LogP contribution in [-0.2, 0) is 4.79 Å². The summed E-state index contributed by atoms with van der Waals surface area (Å²) in [5.41, 5.74) is 0.287. The third-order valence-corrected chi connectivity index (χ3v) is 3.23. The second kappa shape index (κ2) is 6.42. The molecule has 0 unspecified atom stereocenters. The minimum atomic E-state index is -4.78. The predicted molar refractivity (Wildman–Crippen MR) is 72.4 cm³/mol. The van der Waals surface area contributed by atoms with Crippen molar-refractivity contribution >= 4 is 50.1 Å². The van der Waals surface area contributed by atoms with Crippen molar-refractivity contribution in [2.45, 2.75) is 12.8 Å². The van der Waals surface area contributed by atoms with Crippen molar-refractivity contribution in [1.82, 2.24) is 0 Å². The Hall–Kier alpha value is -1.02. The first-order chi connectivity index (χ1) is 8.73. The fraction of sp³-hybridized carbons (Fsp3) is 0.200. The SMILES string of the molecule is N#CCC(=O)Nc1c(Br)cc(OC(F)(F)F)cc1I. The van der Waals surface area contributed by atoms with Crippen LogP contribution in [0.1, 0.15) is 6.42 Å². The number of nitrogens with one attached hydrogen (secondary N) is 1. The van der Waals surface area contributed by atoms with E-state index in [4.69, 9.17) is 5.26 Å². The highest BCUT2D eigenvalue weighted by molar-refractivity contribution is 14.1. The zero-order valence-electron chi connectivity index (χ0n) is 9.02. The highest BCUT2D eigenvalue weighted by Crippen LogP contribution is 2.34. The number of alkyl halides is 3. The first kappa shape index (κ1) is 16.0. The van der Waals surface area contributed by atoms with Crippen molar-refractivity contribution in [3.05, 3.63) is 20.2 Å². The fourth-order valence-electron chi connectivity index (χ4n) is 1.12. The molecule has 1 rings (SSSR count). The van der Waals surface area contributed by atoms with Gasteiger partial charge in [0, 0.05) is 8.04 Å². The molecule has 0 saturated heterocycles. The predicted octanol–water partition coefficient (Wildman–Crippen LogP) is 3.80. The van der Waals surface area contributed by atoms with Crippen LogP contribution in [0.15, 0.2) is 16.6 Å². The molecule has 0 aliphatic rings. The highest BCUT2D eigenvalue weighted by Gasteiger charge is 2.31. The van der Waals surface area contributed by atoms with Crippen LogP contribution in [0.2, 0.25) is 0 Å². The number of hydrogen-bond donors (Lipinski definition) is 1. The van der Waals surface area contributed by atoms with E-state index in [9.17, 15) is 18.0 Å². The third kappa shape index (κ3) is 5.23. The van der Waals surface area contributed by atoms with E-state index in [1.54, 1.807) is 28.7 Å². The summed E-state index contributed by atoms with van der Waals surface area (Å²) in [6.07, 6.45) is -5.13. The molecule has 1 N–H and O–H groups in total. The van der Waals surface area contributed by atoms with E-state index < -0.39 is 18.0 Å². The van der Waals surface area contributed by atoms with E-state index in [2.05, 4.69) is 26.0 Å². The monoisotopic (exact) mass is 448 g/mol. The first-order valence-corrected chi connectivity index (χ1v) is 6.51. The molecule has 0 heterocycles. The lowest BCUT2D eigenvalue weighted by Crippen LogP contribution is -2.17. The molecule has 1 aromatic rings. The number of hydrogen-bond acceptors (Lipinski definition) is 3. The molecule has 0 fully saturated rings. The zero-order chi connectivity index (χ0) is 14.6. The average Bonchev–Trinajstić information content (AvgIpc) is 2.21. The van der Waals surface area contributed by atoms with Crippen LogP contribution in [0.4, 0.5) is 18.9 Å². The maximum Gasteiger partial charge on any atom is 0.573 e. The molecule has 0 aromatic heterocycles. The number of amides is 1. The lowest BCUT2D eigenvalue weighted by atomic mass is 10.3. The molecule has 0 saturated carbocycles. The van der Waals surface area contributed by atoms with Gasteiger partial charge in [-0.15, -0.1) is 13.2 Å². The van der Waals surface area contributed by atoms with E-state index in [-0.39, 0.29) is 16.6 Å². The van der Waals surface area contributed by atoms with Gasteiger partial charge in [-0.25, -0.2) is 0 Å². The molecule has 0 spiro atoms. The Morgan fingerprint density at radius 3 is 2.63 bits per heavy atom. The number of nitrogens with zero attached hydrogens (tertiary/aromatic N) is 1. The van der Waals surface area contributed by atoms with Crippen LogP contribution in [-0.4, -0.2) is 12.3 Å². The summed E-state index contributed by atoms with van der Waals surface area (Å²) in [5, 5.41) is 10.8. The van der Waals surface area contributed by atoms with E-state index in [0.29, 0.717) is 3.57 Å². The lowest BCUT2D eigenvalue weighted by Gasteiger charge is -2.13. The molecule has 0 radical (unpaired) electrons. The quantitative estimate of drug-likeness (QED) is 0.715. The molecular formula is C10H5BrF3IN2O2. The summed E-state index contributed by atoms with van der Waals surface area (Å²) in [5.74, 6) is -0.951. The van der Waals surface area contributed by atoms with Crippen molar-refractivity contribution in [2.24, 2.45) is 0 Å². The van der Waals surface area contributed by atoms with Crippen LogP contribution in [0.3, 0.4) is 0 Å². The number of rotatable bonds is 3. The molecule has 0 bridgehead atoms. The van der Waals surface area contributed by atoms with Gasteiger partial charge in [-0.3, -0.25) is 4.79 Å².